The Hall–Kier alpha value is -2.27. The molecule has 4 aromatic rings. The summed E-state index contributed by atoms with van der Waals surface area (Å²) in [6.07, 6.45) is 0. The number of thiophene rings is 1. The molecule has 2 nitrogen and oxygen atoms in total. The first kappa shape index (κ1) is 19.1. The van der Waals surface area contributed by atoms with Crippen LogP contribution in [0.5, 0.6) is 0 Å². The van der Waals surface area contributed by atoms with Crippen molar-refractivity contribution in [2.45, 2.75) is 13.1 Å². The van der Waals surface area contributed by atoms with Crippen molar-refractivity contribution in [3.8, 4) is 0 Å². The first-order chi connectivity index (χ1) is 13.6. The van der Waals surface area contributed by atoms with E-state index in [0.29, 0.717) is 18.1 Å². The number of hydrogen-bond acceptors (Lipinski definition) is 3. The van der Waals surface area contributed by atoms with Gasteiger partial charge in [-0.3, -0.25) is 0 Å². The first-order valence-corrected chi connectivity index (χ1v) is 10.4. The van der Waals surface area contributed by atoms with Gasteiger partial charge in [-0.15, -0.1) is 11.3 Å². The van der Waals surface area contributed by atoms with Gasteiger partial charge in [0.25, 0.3) is 0 Å². The highest BCUT2D eigenvalue weighted by atomic mass is 35.5. The molecule has 0 aliphatic rings. The lowest BCUT2D eigenvalue weighted by atomic mass is 10.1. The highest BCUT2D eigenvalue weighted by molar-refractivity contribution is 7.17. The summed E-state index contributed by atoms with van der Waals surface area (Å²) in [6, 6.07) is 18.5. The average molecular weight is 431 g/mol. The Morgan fingerprint density at radius 3 is 2.32 bits per heavy atom. The first-order valence-electron chi connectivity index (χ1n) is 8.76. The second kappa shape index (κ2) is 8.39. The molecule has 0 spiro atoms. The second-order valence-corrected chi connectivity index (χ2v) is 8.18. The Bertz CT molecular complexity index is 1130. The van der Waals surface area contributed by atoms with Crippen molar-refractivity contribution in [2.24, 2.45) is 0 Å². The predicted octanol–water partition coefficient (Wildman–Crippen LogP) is 7.57. The second-order valence-electron chi connectivity index (χ2n) is 6.43. The monoisotopic (exact) mass is 430 g/mol. The van der Waals surface area contributed by atoms with E-state index in [1.165, 1.54) is 27.8 Å². The third-order valence-corrected chi connectivity index (χ3v) is 6.06. The van der Waals surface area contributed by atoms with Crippen LogP contribution in [0.4, 0.5) is 15.8 Å². The number of hydrogen-bond donors (Lipinski definition) is 2. The smallest absolute Gasteiger partial charge is 0.124 e. The summed E-state index contributed by atoms with van der Waals surface area (Å²) in [5, 5.41) is 11.3. The summed E-state index contributed by atoms with van der Waals surface area (Å²) >= 11 is 13.9. The molecule has 2 N–H and O–H groups in total. The predicted molar refractivity (Wildman–Crippen MR) is 119 cm³/mol. The van der Waals surface area contributed by atoms with Gasteiger partial charge in [-0.05, 0) is 70.4 Å². The van der Waals surface area contributed by atoms with E-state index in [4.69, 9.17) is 23.2 Å². The summed E-state index contributed by atoms with van der Waals surface area (Å²) in [4.78, 5) is 0. The quantitative estimate of drug-likeness (QED) is 0.329. The zero-order valence-electron chi connectivity index (χ0n) is 14.8. The van der Waals surface area contributed by atoms with Gasteiger partial charge in [0.1, 0.15) is 5.82 Å². The molecule has 142 valence electrons. The van der Waals surface area contributed by atoms with E-state index in [-0.39, 0.29) is 5.82 Å². The fraction of sp³-hybridized carbons (Fsp3) is 0.0909. The highest BCUT2D eigenvalue weighted by Crippen LogP contribution is 2.29. The van der Waals surface area contributed by atoms with Gasteiger partial charge in [-0.1, -0.05) is 35.3 Å². The van der Waals surface area contributed by atoms with Crippen molar-refractivity contribution in [3.05, 3.63) is 93.0 Å². The van der Waals surface area contributed by atoms with Gasteiger partial charge in [-0.2, -0.15) is 0 Å². The summed E-state index contributed by atoms with van der Waals surface area (Å²) < 4.78 is 14.4. The van der Waals surface area contributed by atoms with E-state index in [2.05, 4.69) is 22.1 Å². The van der Waals surface area contributed by atoms with Gasteiger partial charge in [0.15, 0.2) is 0 Å². The SMILES string of the molecule is Fc1ccc(CNc2cccc(NCc3csc4ccc(Cl)cc34)c2)c(Cl)c1. The molecule has 0 aliphatic heterocycles. The summed E-state index contributed by atoms with van der Waals surface area (Å²) in [5.41, 5.74) is 4.04. The minimum Gasteiger partial charge on any atom is -0.381 e. The van der Waals surface area contributed by atoms with Crippen LogP contribution in [0.25, 0.3) is 10.1 Å². The number of anilines is 2. The van der Waals surface area contributed by atoms with E-state index in [1.807, 2.05) is 36.4 Å². The summed E-state index contributed by atoms with van der Waals surface area (Å²) in [5.74, 6) is -0.331. The van der Waals surface area contributed by atoms with Crippen LogP contribution in [0, 0.1) is 5.82 Å². The lowest BCUT2D eigenvalue weighted by molar-refractivity contribution is 0.627. The molecular formula is C22H17Cl2FN2S. The number of rotatable bonds is 6. The topological polar surface area (TPSA) is 24.1 Å². The Balaban J connectivity index is 1.42. The normalized spacial score (nSPS) is 11.0. The maximum Gasteiger partial charge on any atom is 0.124 e. The van der Waals surface area contributed by atoms with Crippen molar-refractivity contribution in [1.29, 1.82) is 0 Å². The molecule has 0 saturated heterocycles. The molecule has 0 saturated carbocycles. The Labute approximate surface area is 176 Å². The fourth-order valence-electron chi connectivity index (χ4n) is 2.99. The standard InChI is InChI=1S/C22H17Cl2FN2S/c23-16-5-7-22-20(8-16)15(13-28-22)12-27-19-3-1-2-18(10-19)26-11-14-4-6-17(25)9-21(14)24/h1-10,13,26-27H,11-12H2. The molecule has 4 rings (SSSR count). The summed E-state index contributed by atoms with van der Waals surface area (Å²) in [7, 11) is 0. The van der Waals surface area contributed by atoms with Crippen LogP contribution in [0.2, 0.25) is 10.0 Å². The van der Waals surface area contributed by atoms with Crippen LogP contribution in [0.15, 0.2) is 66.0 Å². The van der Waals surface area contributed by atoms with E-state index >= 15 is 0 Å². The number of benzene rings is 3. The van der Waals surface area contributed by atoms with Gasteiger partial charge in [0.05, 0.1) is 0 Å². The van der Waals surface area contributed by atoms with Crippen LogP contribution in [-0.2, 0) is 13.1 Å². The van der Waals surface area contributed by atoms with Crippen molar-refractivity contribution < 1.29 is 4.39 Å². The zero-order valence-corrected chi connectivity index (χ0v) is 17.1. The molecule has 1 aromatic heterocycles. The maximum absolute atomic E-state index is 13.2. The van der Waals surface area contributed by atoms with Crippen LogP contribution >= 0.6 is 34.5 Å². The van der Waals surface area contributed by atoms with Gasteiger partial charge >= 0.3 is 0 Å². The summed E-state index contributed by atoms with van der Waals surface area (Å²) in [6.45, 7) is 1.24. The molecule has 6 heteroatoms. The van der Waals surface area contributed by atoms with Gasteiger partial charge in [0.2, 0.25) is 0 Å². The molecule has 0 amide bonds. The van der Waals surface area contributed by atoms with Crippen LogP contribution in [-0.4, -0.2) is 0 Å². The largest absolute Gasteiger partial charge is 0.381 e. The van der Waals surface area contributed by atoms with E-state index in [9.17, 15) is 4.39 Å². The minimum absolute atomic E-state index is 0.331. The van der Waals surface area contributed by atoms with Gasteiger partial charge < -0.3 is 10.6 Å². The Morgan fingerprint density at radius 2 is 1.57 bits per heavy atom. The molecule has 0 fully saturated rings. The molecule has 3 aromatic carbocycles. The molecule has 0 aliphatic carbocycles. The van der Waals surface area contributed by atoms with Crippen molar-refractivity contribution in [2.75, 3.05) is 10.6 Å². The molecule has 0 bridgehead atoms. The molecular weight excluding hydrogens is 414 g/mol. The number of fused-ring (bicyclic) bond motifs is 1. The van der Waals surface area contributed by atoms with Gasteiger partial charge in [-0.25, -0.2) is 4.39 Å². The minimum atomic E-state index is -0.331. The lowest BCUT2D eigenvalue weighted by Gasteiger charge is -2.11. The van der Waals surface area contributed by atoms with Gasteiger partial charge in [0, 0.05) is 39.2 Å². The number of nitrogens with one attached hydrogen (secondary N) is 2. The van der Waals surface area contributed by atoms with Crippen molar-refractivity contribution in [3.63, 3.8) is 0 Å². The molecule has 0 unspecified atom stereocenters. The van der Waals surface area contributed by atoms with E-state index in [0.717, 1.165) is 22.0 Å². The zero-order chi connectivity index (χ0) is 19.5. The fourth-order valence-corrected chi connectivity index (χ4v) is 4.34. The van der Waals surface area contributed by atoms with Crippen LogP contribution in [0.1, 0.15) is 11.1 Å². The molecule has 1 heterocycles. The molecule has 0 atom stereocenters. The Kier molecular flexibility index (Phi) is 5.72. The third kappa shape index (κ3) is 4.41. The van der Waals surface area contributed by atoms with Crippen molar-refractivity contribution in [1.82, 2.24) is 0 Å². The van der Waals surface area contributed by atoms with Crippen LogP contribution in [0.3, 0.4) is 0 Å². The Morgan fingerprint density at radius 1 is 0.821 bits per heavy atom. The number of halogens is 3. The average Bonchev–Trinajstić information content (AvgIpc) is 3.08. The lowest BCUT2D eigenvalue weighted by Crippen LogP contribution is -2.02. The van der Waals surface area contributed by atoms with Crippen molar-refractivity contribution >= 4 is 56.0 Å². The third-order valence-electron chi connectivity index (χ3n) is 4.46. The highest BCUT2D eigenvalue weighted by Gasteiger charge is 2.06. The van der Waals surface area contributed by atoms with E-state index in [1.54, 1.807) is 17.4 Å². The molecule has 0 radical (unpaired) electrons. The maximum atomic E-state index is 13.2. The van der Waals surface area contributed by atoms with Crippen LogP contribution < -0.4 is 10.6 Å². The molecule has 28 heavy (non-hydrogen) atoms. The van der Waals surface area contributed by atoms with E-state index < -0.39 is 0 Å².